The van der Waals surface area contributed by atoms with Gasteiger partial charge >= 0.3 is 5.97 Å². The number of nitrogens with zero attached hydrogens (tertiary/aromatic N) is 1. The first-order valence-electron chi connectivity index (χ1n) is 9.66. The van der Waals surface area contributed by atoms with E-state index in [1.807, 2.05) is 6.07 Å². The average Bonchev–Trinajstić information content (AvgIpc) is 3.30. The normalized spacial score (nSPS) is 13.6. The van der Waals surface area contributed by atoms with Gasteiger partial charge in [0.25, 0.3) is 5.91 Å². The van der Waals surface area contributed by atoms with Crippen molar-refractivity contribution in [2.75, 3.05) is 13.7 Å². The van der Waals surface area contributed by atoms with Gasteiger partial charge in [0.2, 0.25) is 0 Å². The number of benzene rings is 2. The molecule has 0 saturated carbocycles. The van der Waals surface area contributed by atoms with Crippen molar-refractivity contribution in [3.63, 3.8) is 0 Å². The molecule has 1 aliphatic rings. The second-order valence-corrected chi connectivity index (χ2v) is 7.48. The van der Waals surface area contributed by atoms with E-state index >= 15 is 0 Å². The molecule has 1 N–H and O–H groups in total. The van der Waals surface area contributed by atoms with Gasteiger partial charge in [0, 0.05) is 52.6 Å². The molecular weight excluding hydrogens is 387 g/mol. The van der Waals surface area contributed by atoms with Crippen molar-refractivity contribution in [2.24, 2.45) is 0 Å². The maximum absolute atomic E-state index is 14.1. The minimum atomic E-state index is -0.484. The van der Waals surface area contributed by atoms with E-state index in [1.165, 1.54) is 13.2 Å². The van der Waals surface area contributed by atoms with Crippen LogP contribution in [0.15, 0.2) is 40.8 Å². The van der Waals surface area contributed by atoms with Gasteiger partial charge in [-0.15, -0.1) is 0 Å². The molecule has 0 spiro atoms. The number of rotatable bonds is 2. The number of halogens is 1. The van der Waals surface area contributed by atoms with Crippen LogP contribution >= 0.6 is 0 Å². The summed E-state index contributed by atoms with van der Waals surface area (Å²) in [5.41, 5.74) is 4.11. The number of carbonyl (C=O) groups is 2. The van der Waals surface area contributed by atoms with Crippen molar-refractivity contribution in [1.82, 2.24) is 9.88 Å². The summed E-state index contributed by atoms with van der Waals surface area (Å²) in [5, 5.41) is 1.49. The fourth-order valence-corrected chi connectivity index (χ4v) is 4.19. The number of furan rings is 1. The molecule has 2 aromatic carbocycles. The van der Waals surface area contributed by atoms with Gasteiger partial charge in [-0.3, -0.25) is 4.79 Å². The molecule has 0 atom stereocenters. The van der Waals surface area contributed by atoms with Crippen LogP contribution in [0.3, 0.4) is 0 Å². The van der Waals surface area contributed by atoms with E-state index in [1.54, 1.807) is 36.1 Å². The van der Waals surface area contributed by atoms with Crippen molar-refractivity contribution in [3.8, 4) is 0 Å². The number of amides is 1. The van der Waals surface area contributed by atoms with E-state index in [4.69, 9.17) is 9.15 Å². The van der Waals surface area contributed by atoms with Crippen molar-refractivity contribution < 1.29 is 23.1 Å². The Morgan fingerprint density at radius 2 is 2.03 bits per heavy atom. The van der Waals surface area contributed by atoms with Gasteiger partial charge in [-0.2, -0.15) is 0 Å². The summed E-state index contributed by atoms with van der Waals surface area (Å²) in [4.78, 5) is 30.2. The molecule has 5 rings (SSSR count). The molecule has 4 aromatic rings. The van der Waals surface area contributed by atoms with Crippen molar-refractivity contribution in [3.05, 3.63) is 70.4 Å². The Balaban J connectivity index is 1.52. The van der Waals surface area contributed by atoms with E-state index < -0.39 is 11.8 Å². The largest absolute Gasteiger partial charge is 0.465 e. The number of esters is 1. The number of aromatic nitrogens is 1. The summed E-state index contributed by atoms with van der Waals surface area (Å²) in [5.74, 6) is -1.00. The fourth-order valence-electron chi connectivity index (χ4n) is 4.19. The fraction of sp³-hybridized carbons (Fsp3) is 0.217. The highest BCUT2D eigenvalue weighted by Crippen LogP contribution is 2.32. The smallest absolute Gasteiger partial charge is 0.337 e. The van der Waals surface area contributed by atoms with Crippen LogP contribution in [0.4, 0.5) is 4.39 Å². The molecular formula is C23H19FN2O4. The van der Waals surface area contributed by atoms with Crippen LogP contribution in [0.2, 0.25) is 0 Å². The number of carbonyl (C=O) groups excluding carboxylic acids is 2. The Bertz CT molecular complexity index is 1330. The first-order chi connectivity index (χ1) is 14.5. The molecule has 3 heterocycles. The number of para-hydroxylation sites is 1. The van der Waals surface area contributed by atoms with Crippen LogP contribution in [0, 0.1) is 12.7 Å². The molecule has 6 nitrogen and oxygen atoms in total. The summed E-state index contributed by atoms with van der Waals surface area (Å²) >= 11 is 0. The van der Waals surface area contributed by atoms with Crippen LogP contribution in [0.1, 0.15) is 37.7 Å². The Hall–Kier alpha value is -3.61. The highest BCUT2D eigenvalue weighted by atomic mass is 19.1. The predicted octanol–water partition coefficient (Wildman–Crippen LogP) is 4.35. The monoisotopic (exact) mass is 406 g/mol. The van der Waals surface area contributed by atoms with E-state index in [0.29, 0.717) is 36.0 Å². The minimum absolute atomic E-state index is 0.103. The topological polar surface area (TPSA) is 75.5 Å². The number of H-pyrrole nitrogens is 1. The first-order valence-corrected chi connectivity index (χ1v) is 9.66. The molecule has 30 heavy (non-hydrogen) atoms. The maximum Gasteiger partial charge on any atom is 0.337 e. The standard InChI is InChI=1S/C23H19FN2O4/c1-12-14-4-3-5-17(24)21(14)30-20(12)22(27)26-9-8-19-16(11-26)15-10-13(23(28)29-2)6-7-18(15)25-19/h3-7,10,25H,8-9,11H2,1-2H3. The number of fused-ring (bicyclic) bond motifs is 4. The van der Waals surface area contributed by atoms with Gasteiger partial charge in [0.1, 0.15) is 0 Å². The molecule has 0 aliphatic carbocycles. The lowest BCUT2D eigenvalue weighted by Gasteiger charge is -2.26. The van der Waals surface area contributed by atoms with Gasteiger partial charge in [-0.25, -0.2) is 9.18 Å². The highest BCUT2D eigenvalue weighted by molar-refractivity contribution is 6.00. The minimum Gasteiger partial charge on any atom is -0.465 e. The van der Waals surface area contributed by atoms with Gasteiger partial charge in [0.05, 0.1) is 12.7 Å². The van der Waals surface area contributed by atoms with Gasteiger partial charge in [0.15, 0.2) is 17.2 Å². The lowest BCUT2D eigenvalue weighted by molar-refractivity contribution is 0.0600. The van der Waals surface area contributed by atoms with Crippen LogP contribution in [0.5, 0.6) is 0 Å². The summed E-state index contributed by atoms with van der Waals surface area (Å²) in [6.45, 7) is 2.65. The summed E-state index contributed by atoms with van der Waals surface area (Å²) in [6.07, 6.45) is 0.650. The first kappa shape index (κ1) is 18.4. The molecule has 0 saturated heterocycles. The Labute approximate surface area is 171 Å². The number of ether oxygens (including phenoxy) is 1. The molecule has 0 unspecified atom stereocenters. The van der Waals surface area contributed by atoms with Crippen molar-refractivity contribution in [2.45, 2.75) is 19.9 Å². The summed E-state index contributed by atoms with van der Waals surface area (Å²) in [6, 6.07) is 10.0. The Kier molecular flexibility index (Phi) is 4.13. The molecule has 0 bridgehead atoms. The lowest BCUT2D eigenvalue weighted by Crippen LogP contribution is -2.35. The predicted molar refractivity (Wildman–Crippen MR) is 109 cm³/mol. The zero-order valence-electron chi connectivity index (χ0n) is 16.5. The van der Waals surface area contributed by atoms with E-state index in [2.05, 4.69) is 4.98 Å². The molecule has 0 fully saturated rings. The lowest BCUT2D eigenvalue weighted by atomic mass is 10.0. The van der Waals surface area contributed by atoms with Gasteiger partial charge in [-0.1, -0.05) is 12.1 Å². The zero-order valence-corrected chi connectivity index (χ0v) is 16.5. The average molecular weight is 406 g/mol. The molecule has 0 radical (unpaired) electrons. The third-order valence-electron chi connectivity index (χ3n) is 5.79. The second kappa shape index (κ2) is 6.73. The summed E-state index contributed by atoms with van der Waals surface area (Å²) in [7, 11) is 1.35. The highest BCUT2D eigenvalue weighted by Gasteiger charge is 2.29. The molecule has 152 valence electrons. The quantitative estimate of drug-likeness (QED) is 0.502. The molecule has 7 heteroatoms. The van der Waals surface area contributed by atoms with E-state index in [9.17, 15) is 14.0 Å². The third kappa shape index (κ3) is 2.69. The van der Waals surface area contributed by atoms with E-state index in [-0.39, 0.29) is 17.3 Å². The van der Waals surface area contributed by atoms with Crippen LogP contribution in [-0.4, -0.2) is 35.4 Å². The van der Waals surface area contributed by atoms with Crippen LogP contribution < -0.4 is 0 Å². The molecule has 1 amide bonds. The van der Waals surface area contributed by atoms with Gasteiger partial charge < -0.3 is 19.0 Å². The number of hydrogen-bond acceptors (Lipinski definition) is 4. The number of aryl methyl sites for hydroxylation is 1. The number of nitrogens with one attached hydrogen (secondary N) is 1. The van der Waals surface area contributed by atoms with Crippen molar-refractivity contribution >= 4 is 33.7 Å². The summed E-state index contributed by atoms with van der Waals surface area (Å²) < 4.78 is 24.5. The Morgan fingerprint density at radius 3 is 2.80 bits per heavy atom. The number of aromatic amines is 1. The van der Waals surface area contributed by atoms with Crippen LogP contribution in [0.25, 0.3) is 21.9 Å². The van der Waals surface area contributed by atoms with Crippen LogP contribution in [-0.2, 0) is 17.7 Å². The maximum atomic E-state index is 14.1. The molecule has 1 aliphatic heterocycles. The van der Waals surface area contributed by atoms with E-state index in [0.717, 1.165) is 22.2 Å². The van der Waals surface area contributed by atoms with Crippen molar-refractivity contribution in [1.29, 1.82) is 0 Å². The van der Waals surface area contributed by atoms with Gasteiger partial charge in [-0.05, 0) is 31.2 Å². The molecule has 2 aromatic heterocycles. The Morgan fingerprint density at radius 1 is 1.20 bits per heavy atom. The zero-order chi connectivity index (χ0) is 21.0. The number of hydrogen-bond donors (Lipinski definition) is 1. The second-order valence-electron chi connectivity index (χ2n) is 7.48. The third-order valence-corrected chi connectivity index (χ3v) is 5.79. The number of methoxy groups -OCH3 is 1. The SMILES string of the molecule is COC(=O)c1ccc2[nH]c3c(c2c1)CN(C(=O)c1oc2c(F)cccc2c1C)CC3.